The molecule has 2 heteroatoms. The Hall–Kier alpha value is -0.660. The molecule has 0 aromatic carbocycles. The topological polar surface area (TPSA) is 34.1 Å². The van der Waals surface area contributed by atoms with E-state index in [1.807, 2.05) is 6.92 Å². The number of rotatable bonds is 0. The predicted octanol–water partition coefficient (Wildman–Crippen LogP) is 1.58. The Morgan fingerprint density at radius 2 is 2.00 bits per heavy atom. The van der Waals surface area contributed by atoms with E-state index in [2.05, 4.69) is 0 Å². The summed E-state index contributed by atoms with van der Waals surface area (Å²) < 4.78 is 0. The molecule has 2 aliphatic carbocycles. The molecule has 0 spiro atoms. The lowest BCUT2D eigenvalue weighted by atomic mass is 9.66. The lowest BCUT2D eigenvalue weighted by Crippen LogP contribution is -2.43. The molecule has 0 amide bonds. The maximum Gasteiger partial charge on any atom is 0.146 e. The van der Waals surface area contributed by atoms with E-state index in [1.165, 1.54) is 0 Å². The van der Waals surface area contributed by atoms with Crippen molar-refractivity contribution in [2.24, 2.45) is 17.8 Å². The molecule has 0 unspecified atom stereocenters. The van der Waals surface area contributed by atoms with Crippen LogP contribution in [0.2, 0.25) is 0 Å². The molecule has 0 aromatic heterocycles. The van der Waals surface area contributed by atoms with E-state index in [9.17, 15) is 9.59 Å². The molecule has 2 bridgehead atoms. The van der Waals surface area contributed by atoms with Crippen molar-refractivity contribution in [3.8, 4) is 0 Å². The zero-order valence-corrected chi connectivity index (χ0v) is 7.38. The third-order valence-electron chi connectivity index (χ3n) is 3.32. The zero-order chi connectivity index (χ0) is 8.72. The third-order valence-corrected chi connectivity index (χ3v) is 3.32. The number of hydrogen-bond acceptors (Lipinski definition) is 2. The van der Waals surface area contributed by atoms with E-state index in [0.29, 0.717) is 12.3 Å². The number of fused-ring (bicyclic) bond motifs is 2. The van der Waals surface area contributed by atoms with Gasteiger partial charge in [0.2, 0.25) is 0 Å². The van der Waals surface area contributed by atoms with Crippen molar-refractivity contribution in [1.29, 1.82) is 0 Å². The summed E-state index contributed by atoms with van der Waals surface area (Å²) in [7, 11) is 0. The normalized spacial score (nSPS) is 41.6. The quantitative estimate of drug-likeness (QED) is 0.512. The lowest BCUT2D eigenvalue weighted by Gasteiger charge is -2.36. The Kier molecular flexibility index (Phi) is 1.78. The first-order valence-electron chi connectivity index (χ1n) is 4.76. The van der Waals surface area contributed by atoms with Crippen molar-refractivity contribution in [3.63, 3.8) is 0 Å². The molecule has 0 N–H and O–H groups in total. The number of carbonyl (C=O) groups excluding carboxylic acids is 2. The van der Waals surface area contributed by atoms with Gasteiger partial charge >= 0.3 is 0 Å². The summed E-state index contributed by atoms with van der Waals surface area (Å²) in [5, 5.41) is 0. The first-order valence-corrected chi connectivity index (χ1v) is 4.76. The molecule has 2 aliphatic rings. The second-order valence-electron chi connectivity index (χ2n) is 4.14. The fourth-order valence-corrected chi connectivity index (χ4v) is 2.57. The molecule has 66 valence electrons. The van der Waals surface area contributed by atoms with Crippen LogP contribution in [-0.4, -0.2) is 11.6 Å². The van der Waals surface area contributed by atoms with E-state index in [4.69, 9.17) is 0 Å². The summed E-state index contributed by atoms with van der Waals surface area (Å²) in [4.78, 5) is 23.0. The summed E-state index contributed by atoms with van der Waals surface area (Å²) in [5.41, 5.74) is 0. The van der Waals surface area contributed by atoms with E-state index in [1.54, 1.807) is 0 Å². The standard InChI is InChI=1S/C10H14O2/c1-6-5-9(11)8-4-2-3-7(6)10(8)12/h6-8H,2-5H2,1H3/t6-,7-,8-/m0/s1. The van der Waals surface area contributed by atoms with E-state index < -0.39 is 0 Å². The summed E-state index contributed by atoms with van der Waals surface area (Å²) in [6.45, 7) is 2.03. The van der Waals surface area contributed by atoms with Crippen molar-refractivity contribution >= 4 is 11.6 Å². The second-order valence-corrected chi connectivity index (χ2v) is 4.14. The molecular weight excluding hydrogens is 152 g/mol. The number of carbonyl (C=O) groups is 2. The SMILES string of the molecule is C[C@H]1CC(=O)[C@@H]2CCC[C@@H]1C2=O. The minimum absolute atomic E-state index is 0.198. The highest BCUT2D eigenvalue weighted by Gasteiger charge is 2.43. The molecule has 2 fully saturated rings. The lowest BCUT2D eigenvalue weighted by molar-refractivity contribution is -0.144. The van der Waals surface area contributed by atoms with E-state index in [-0.39, 0.29) is 23.4 Å². The summed E-state index contributed by atoms with van der Waals surface area (Å²) in [6, 6.07) is 0. The smallest absolute Gasteiger partial charge is 0.146 e. The van der Waals surface area contributed by atoms with Gasteiger partial charge in [0, 0.05) is 12.3 Å². The average molecular weight is 166 g/mol. The molecule has 0 aliphatic heterocycles. The summed E-state index contributed by atoms with van der Waals surface area (Å²) in [6.07, 6.45) is 3.54. The Bertz CT molecular complexity index is 232. The van der Waals surface area contributed by atoms with E-state index >= 15 is 0 Å². The largest absolute Gasteiger partial charge is 0.299 e. The van der Waals surface area contributed by atoms with Gasteiger partial charge < -0.3 is 0 Å². The van der Waals surface area contributed by atoms with Crippen LogP contribution in [0.15, 0.2) is 0 Å². The van der Waals surface area contributed by atoms with Gasteiger partial charge in [0.25, 0.3) is 0 Å². The highest BCUT2D eigenvalue weighted by Crippen LogP contribution is 2.38. The van der Waals surface area contributed by atoms with Crippen LogP contribution in [0.1, 0.15) is 32.6 Å². The Morgan fingerprint density at radius 3 is 2.75 bits per heavy atom. The molecule has 2 nitrogen and oxygen atoms in total. The van der Waals surface area contributed by atoms with Crippen LogP contribution in [0.4, 0.5) is 0 Å². The van der Waals surface area contributed by atoms with Crippen LogP contribution in [-0.2, 0) is 9.59 Å². The summed E-state index contributed by atoms with van der Waals surface area (Å²) >= 11 is 0. The van der Waals surface area contributed by atoms with Crippen LogP contribution < -0.4 is 0 Å². The fourth-order valence-electron chi connectivity index (χ4n) is 2.57. The van der Waals surface area contributed by atoms with Crippen LogP contribution >= 0.6 is 0 Å². The Labute approximate surface area is 72.3 Å². The van der Waals surface area contributed by atoms with E-state index in [0.717, 1.165) is 19.3 Å². The molecule has 12 heavy (non-hydrogen) atoms. The maximum absolute atomic E-state index is 11.6. The van der Waals surface area contributed by atoms with Gasteiger partial charge in [-0.3, -0.25) is 9.59 Å². The first kappa shape index (κ1) is 7.96. The monoisotopic (exact) mass is 166 g/mol. The number of hydrogen-bond donors (Lipinski definition) is 0. The van der Waals surface area contributed by atoms with Crippen molar-refractivity contribution in [2.75, 3.05) is 0 Å². The van der Waals surface area contributed by atoms with Crippen LogP contribution in [0.3, 0.4) is 0 Å². The van der Waals surface area contributed by atoms with Gasteiger partial charge in [-0.15, -0.1) is 0 Å². The minimum atomic E-state index is -0.208. The van der Waals surface area contributed by atoms with Crippen LogP contribution in [0.25, 0.3) is 0 Å². The van der Waals surface area contributed by atoms with Crippen LogP contribution in [0, 0.1) is 17.8 Å². The molecule has 0 aromatic rings. The molecular formula is C10H14O2. The Balaban J connectivity index is 2.26. The predicted molar refractivity (Wildman–Crippen MR) is 44.6 cm³/mol. The summed E-state index contributed by atoms with van der Waals surface area (Å²) in [5.74, 6) is 0.747. The van der Waals surface area contributed by atoms with Crippen molar-refractivity contribution in [1.82, 2.24) is 0 Å². The zero-order valence-electron chi connectivity index (χ0n) is 7.38. The molecule has 2 saturated carbocycles. The molecule has 3 atom stereocenters. The van der Waals surface area contributed by atoms with Crippen molar-refractivity contribution < 1.29 is 9.59 Å². The van der Waals surface area contributed by atoms with Crippen molar-refractivity contribution in [3.05, 3.63) is 0 Å². The van der Waals surface area contributed by atoms with Gasteiger partial charge in [-0.05, 0) is 18.8 Å². The van der Waals surface area contributed by atoms with Gasteiger partial charge in [0.05, 0.1) is 5.92 Å². The fraction of sp³-hybridized carbons (Fsp3) is 0.800. The first-order chi connectivity index (χ1) is 5.70. The van der Waals surface area contributed by atoms with Crippen LogP contribution in [0.5, 0.6) is 0 Å². The molecule has 0 radical (unpaired) electrons. The average Bonchev–Trinajstić information content (AvgIpc) is 2.01. The minimum Gasteiger partial charge on any atom is -0.299 e. The molecule has 0 heterocycles. The number of Topliss-reactive ketones (excluding diaryl/α,β-unsaturated/α-hetero) is 2. The van der Waals surface area contributed by atoms with Crippen molar-refractivity contribution in [2.45, 2.75) is 32.6 Å². The molecule has 0 saturated heterocycles. The molecule has 2 rings (SSSR count). The second kappa shape index (κ2) is 2.68. The number of ketones is 2. The van der Waals surface area contributed by atoms with Gasteiger partial charge in [-0.1, -0.05) is 13.3 Å². The van der Waals surface area contributed by atoms with Gasteiger partial charge in [0.15, 0.2) is 0 Å². The highest BCUT2D eigenvalue weighted by atomic mass is 16.2. The Morgan fingerprint density at radius 1 is 1.25 bits per heavy atom. The van der Waals surface area contributed by atoms with Gasteiger partial charge in [-0.2, -0.15) is 0 Å². The highest BCUT2D eigenvalue weighted by molar-refractivity contribution is 6.06. The van der Waals surface area contributed by atoms with Gasteiger partial charge in [-0.25, -0.2) is 0 Å². The maximum atomic E-state index is 11.6. The third kappa shape index (κ3) is 1.01. The van der Waals surface area contributed by atoms with Gasteiger partial charge in [0.1, 0.15) is 11.6 Å².